The van der Waals surface area contributed by atoms with E-state index in [1.54, 1.807) is 6.08 Å². The summed E-state index contributed by atoms with van der Waals surface area (Å²) < 4.78 is 0. The molecule has 0 aromatic carbocycles. The summed E-state index contributed by atoms with van der Waals surface area (Å²) in [5.41, 5.74) is 1.24. The van der Waals surface area contributed by atoms with Crippen molar-refractivity contribution in [3.05, 3.63) is 36.5 Å². The number of allylic oxidation sites excluding steroid dienone is 5. The van der Waals surface area contributed by atoms with E-state index < -0.39 is 0 Å². The zero-order valence-corrected chi connectivity index (χ0v) is 7.19. The second kappa shape index (κ2) is 5.83. The highest BCUT2D eigenvalue weighted by molar-refractivity contribution is 9.09. The molecular weight excluding hydrogens is 176 g/mol. The van der Waals surface area contributed by atoms with Gasteiger partial charge in [-0.05, 0) is 12.5 Å². The van der Waals surface area contributed by atoms with Gasteiger partial charge in [0.1, 0.15) is 0 Å². The molecule has 0 radical (unpaired) electrons. The summed E-state index contributed by atoms with van der Waals surface area (Å²) in [6.07, 6.45) is 7.83. The molecule has 0 aliphatic carbocycles. The quantitative estimate of drug-likeness (QED) is 0.470. The van der Waals surface area contributed by atoms with Crippen LogP contribution in [0, 0.1) is 0 Å². The third kappa shape index (κ3) is 4.22. The molecule has 0 fully saturated rings. The van der Waals surface area contributed by atoms with E-state index in [0.29, 0.717) is 0 Å². The Labute approximate surface area is 65.1 Å². The Morgan fingerprint density at radius 1 is 1.67 bits per heavy atom. The van der Waals surface area contributed by atoms with Crippen LogP contribution < -0.4 is 0 Å². The Kier molecular flexibility index (Phi) is 5.64. The Morgan fingerprint density at radius 2 is 2.33 bits per heavy atom. The van der Waals surface area contributed by atoms with Crippen molar-refractivity contribution in [2.45, 2.75) is 6.92 Å². The lowest BCUT2D eigenvalue weighted by Crippen LogP contribution is -1.75. The minimum absolute atomic E-state index is 0.892. The summed E-state index contributed by atoms with van der Waals surface area (Å²) in [5.74, 6) is 0. The Bertz CT molecular complexity index is 132. The number of rotatable bonds is 3. The van der Waals surface area contributed by atoms with Crippen molar-refractivity contribution < 1.29 is 0 Å². The molecule has 50 valence electrons. The molecule has 0 heterocycles. The maximum absolute atomic E-state index is 3.60. The monoisotopic (exact) mass is 186 g/mol. The molecule has 0 aliphatic heterocycles. The first-order chi connectivity index (χ1) is 4.35. The maximum atomic E-state index is 3.60. The van der Waals surface area contributed by atoms with Gasteiger partial charge >= 0.3 is 0 Å². The van der Waals surface area contributed by atoms with Crippen LogP contribution in [0.2, 0.25) is 0 Å². The molecule has 0 unspecified atom stereocenters. The van der Waals surface area contributed by atoms with Gasteiger partial charge in [-0.2, -0.15) is 0 Å². The molecule has 0 nitrogen and oxygen atoms in total. The molecule has 0 saturated heterocycles. The minimum atomic E-state index is 0.892. The third-order valence-electron chi connectivity index (χ3n) is 0.867. The first-order valence-corrected chi connectivity index (χ1v) is 3.97. The summed E-state index contributed by atoms with van der Waals surface area (Å²) in [4.78, 5) is 0. The molecule has 0 N–H and O–H groups in total. The van der Waals surface area contributed by atoms with E-state index in [-0.39, 0.29) is 0 Å². The van der Waals surface area contributed by atoms with Crippen molar-refractivity contribution in [1.29, 1.82) is 0 Å². The molecule has 1 heteroatoms. The molecule has 0 aromatic heterocycles. The van der Waals surface area contributed by atoms with Gasteiger partial charge in [0, 0.05) is 5.33 Å². The molecular formula is C8H11Br. The van der Waals surface area contributed by atoms with Crippen LogP contribution in [0.3, 0.4) is 0 Å². The molecule has 0 aromatic rings. The highest BCUT2D eigenvalue weighted by Crippen LogP contribution is 2.00. The molecule has 0 atom stereocenters. The molecule has 0 rings (SSSR count). The van der Waals surface area contributed by atoms with Crippen LogP contribution in [0.1, 0.15) is 6.92 Å². The fourth-order valence-electron chi connectivity index (χ4n) is 0.510. The average molecular weight is 187 g/mol. The highest BCUT2D eigenvalue weighted by Gasteiger charge is 1.82. The molecule has 0 saturated carbocycles. The smallest absolute Gasteiger partial charge is 0.0282 e. The van der Waals surface area contributed by atoms with Crippen LogP contribution >= 0.6 is 15.9 Å². The van der Waals surface area contributed by atoms with Crippen molar-refractivity contribution in [3.63, 3.8) is 0 Å². The van der Waals surface area contributed by atoms with E-state index in [1.807, 2.05) is 19.1 Å². The molecule has 0 amide bonds. The van der Waals surface area contributed by atoms with Gasteiger partial charge in [-0.25, -0.2) is 0 Å². The standard InChI is InChI=1S/C8H11Br/c1-3-5-8(7-9)6-4-2/h3-6H,1,7H2,2H3/b6-4-,8-5+. The summed E-state index contributed by atoms with van der Waals surface area (Å²) in [6, 6.07) is 0. The minimum Gasteiger partial charge on any atom is -0.0991 e. The van der Waals surface area contributed by atoms with E-state index >= 15 is 0 Å². The second-order valence-corrected chi connectivity index (χ2v) is 2.17. The van der Waals surface area contributed by atoms with Crippen LogP contribution in [0.25, 0.3) is 0 Å². The first kappa shape index (κ1) is 8.70. The van der Waals surface area contributed by atoms with E-state index in [0.717, 1.165) is 5.33 Å². The number of hydrogen-bond acceptors (Lipinski definition) is 0. The lowest BCUT2D eigenvalue weighted by atomic mass is 10.2. The van der Waals surface area contributed by atoms with Crippen molar-refractivity contribution in [2.24, 2.45) is 0 Å². The van der Waals surface area contributed by atoms with Crippen LogP contribution in [-0.4, -0.2) is 5.33 Å². The predicted molar refractivity (Wildman–Crippen MR) is 46.9 cm³/mol. The summed E-state index contributed by atoms with van der Waals surface area (Å²) >= 11 is 3.35. The van der Waals surface area contributed by atoms with Crippen molar-refractivity contribution in [1.82, 2.24) is 0 Å². The van der Waals surface area contributed by atoms with Crippen LogP contribution in [0.4, 0.5) is 0 Å². The van der Waals surface area contributed by atoms with Gasteiger partial charge < -0.3 is 0 Å². The SMILES string of the molecule is C=C/C=C(\C=C/C)CBr. The largest absolute Gasteiger partial charge is 0.0991 e. The lowest BCUT2D eigenvalue weighted by molar-refractivity contribution is 1.54. The Hall–Kier alpha value is -0.300. The molecule has 0 aliphatic rings. The van der Waals surface area contributed by atoms with Crippen molar-refractivity contribution >= 4 is 15.9 Å². The number of hydrogen-bond donors (Lipinski definition) is 0. The number of alkyl halides is 1. The number of halogens is 1. The normalized spacial score (nSPS) is 12.4. The molecule has 0 bridgehead atoms. The summed E-state index contributed by atoms with van der Waals surface area (Å²) in [6.45, 7) is 5.60. The fourth-order valence-corrected chi connectivity index (χ4v) is 0.884. The van der Waals surface area contributed by atoms with Gasteiger partial charge in [0.2, 0.25) is 0 Å². The summed E-state index contributed by atoms with van der Waals surface area (Å²) in [7, 11) is 0. The van der Waals surface area contributed by atoms with E-state index in [9.17, 15) is 0 Å². The van der Waals surface area contributed by atoms with Crippen molar-refractivity contribution in [3.8, 4) is 0 Å². The van der Waals surface area contributed by atoms with E-state index in [2.05, 4.69) is 28.6 Å². The van der Waals surface area contributed by atoms with Gasteiger partial charge in [-0.1, -0.05) is 46.8 Å². The Morgan fingerprint density at radius 3 is 2.67 bits per heavy atom. The van der Waals surface area contributed by atoms with Gasteiger partial charge in [0.25, 0.3) is 0 Å². The lowest BCUT2D eigenvalue weighted by Gasteiger charge is -1.89. The van der Waals surface area contributed by atoms with E-state index in [4.69, 9.17) is 0 Å². The zero-order valence-electron chi connectivity index (χ0n) is 5.60. The zero-order chi connectivity index (χ0) is 7.11. The predicted octanol–water partition coefficient (Wildman–Crippen LogP) is 3.07. The Balaban J connectivity index is 3.96. The third-order valence-corrected chi connectivity index (χ3v) is 1.51. The van der Waals surface area contributed by atoms with Crippen LogP contribution in [0.15, 0.2) is 36.5 Å². The molecule has 0 spiro atoms. The van der Waals surface area contributed by atoms with Crippen molar-refractivity contribution in [2.75, 3.05) is 5.33 Å². The van der Waals surface area contributed by atoms with E-state index in [1.165, 1.54) is 5.57 Å². The first-order valence-electron chi connectivity index (χ1n) is 2.85. The average Bonchev–Trinajstić information content (AvgIpc) is 1.88. The van der Waals surface area contributed by atoms with Gasteiger partial charge in [-0.3, -0.25) is 0 Å². The van der Waals surface area contributed by atoms with Gasteiger partial charge in [-0.15, -0.1) is 0 Å². The van der Waals surface area contributed by atoms with Gasteiger partial charge in [0.05, 0.1) is 0 Å². The highest BCUT2D eigenvalue weighted by atomic mass is 79.9. The molecule has 9 heavy (non-hydrogen) atoms. The fraction of sp³-hybridized carbons (Fsp3) is 0.250. The maximum Gasteiger partial charge on any atom is 0.0282 e. The van der Waals surface area contributed by atoms with Gasteiger partial charge in [0.15, 0.2) is 0 Å². The van der Waals surface area contributed by atoms with Crippen LogP contribution in [-0.2, 0) is 0 Å². The van der Waals surface area contributed by atoms with Crippen LogP contribution in [0.5, 0.6) is 0 Å². The second-order valence-electron chi connectivity index (χ2n) is 1.61. The summed E-state index contributed by atoms with van der Waals surface area (Å²) in [5, 5.41) is 0.892. The topological polar surface area (TPSA) is 0 Å².